The third-order valence-corrected chi connectivity index (χ3v) is 9.97. The van der Waals surface area contributed by atoms with Crippen molar-refractivity contribution in [1.29, 1.82) is 5.26 Å². The van der Waals surface area contributed by atoms with Crippen LogP contribution in [0.2, 0.25) is 10.0 Å². The number of carbonyl (C=O) groups excluding carboxylic acids is 2. The summed E-state index contributed by atoms with van der Waals surface area (Å²) in [6.45, 7) is 5.38. The molecule has 10 nitrogen and oxygen atoms in total. The number of halogens is 2. The lowest BCUT2D eigenvalue weighted by atomic mass is 9.96. The second-order valence-corrected chi connectivity index (χ2v) is 13.9. The predicted molar refractivity (Wildman–Crippen MR) is 197 cm³/mol. The summed E-state index contributed by atoms with van der Waals surface area (Å²) in [6.07, 6.45) is 7.21. The van der Waals surface area contributed by atoms with Gasteiger partial charge in [-0.3, -0.25) is 4.98 Å². The molecule has 2 N–H and O–H groups in total. The van der Waals surface area contributed by atoms with Gasteiger partial charge in [0.15, 0.2) is 0 Å². The molecule has 0 radical (unpaired) electrons. The Morgan fingerprint density at radius 3 is 2.60 bits per heavy atom. The maximum Gasteiger partial charge on any atom is 0.373 e. The van der Waals surface area contributed by atoms with Crippen molar-refractivity contribution in [2.24, 2.45) is 5.92 Å². The Hall–Kier alpha value is -4.46. The second kappa shape index (κ2) is 18.9. The molecule has 0 saturated carbocycles. The van der Waals surface area contributed by atoms with Gasteiger partial charge in [0, 0.05) is 60.2 Å². The van der Waals surface area contributed by atoms with Crippen molar-refractivity contribution in [2.45, 2.75) is 57.9 Å². The van der Waals surface area contributed by atoms with Crippen LogP contribution < -0.4 is 19.5 Å². The van der Waals surface area contributed by atoms with E-state index in [0.29, 0.717) is 51.9 Å². The van der Waals surface area contributed by atoms with E-state index in [1.165, 1.54) is 24.6 Å². The molecular formula is C40H42Cl2N4O6. The van der Waals surface area contributed by atoms with E-state index in [1.54, 1.807) is 12.3 Å². The molecule has 0 spiro atoms. The minimum Gasteiger partial charge on any atom is -0.492 e. The number of ether oxygens (including phenoxy) is 3. The molecule has 1 saturated heterocycles. The highest BCUT2D eigenvalue weighted by molar-refractivity contribution is 6.35. The van der Waals surface area contributed by atoms with Gasteiger partial charge in [-0.15, -0.1) is 0 Å². The molecule has 12 heteroatoms. The van der Waals surface area contributed by atoms with Crippen LogP contribution in [0.5, 0.6) is 17.2 Å². The lowest BCUT2D eigenvalue weighted by molar-refractivity contribution is -0.191. The van der Waals surface area contributed by atoms with Crippen LogP contribution >= 0.6 is 23.2 Å². The number of aliphatic hydroxyl groups is 1. The van der Waals surface area contributed by atoms with Gasteiger partial charge in [-0.1, -0.05) is 53.5 Å². The van der Waals surface area contributed by atoms with Crippen molar-refractivity contribution >= 4 is 29.4 Å². The van der Waals surface area contributed by atoms with E-state index in [4.69, 9.17) is 47.0 Å². The zero-order valence-electron chi connectivity index (χ0n) is 29.2. The Morgan fingerprint density at radius 2 is 1.83 bits per heavy atom. The van der Waals surface area contributed by atoms with Crippen LogP contribution in [0.3, 0.4) is 0 Å². The number of fused-ring (bicyclic) bond motifs is 1. The highest BCUT2D eigenvalue weighted by atomic mass is 35.5. The van der Waals surface area contributed by atoms with Gasteiger partial charge in [0.05, 0.1) is 28.8 Å². The van der Waals surface area contributed by atoms with Crippen molar-refractivity contribution in [3.8, 4) is 34.4 Å². The SMILES string of the molecule is C[C@H](CO)NCc1cc(Cl)c(O[C@H]2CCc3c(-c4cccc(OC[C@@H]5CCCN(C)C5)c4Cl)cccc32)cc1OCc1cncc(C#N)c1.O=C=O. The Kier molecular flexibility index (Phi) is 14.1. The average molecular weight is 746 g/mol. The summed E-state index contributed by atoms with van der Waals surface area (Å²) < 4.78 is 19.2. The lowest BCUT2D eigenvalue weighted by Gasteiger charge is -2.29. The number of hydrogen-bond acceptors (Lipinski definition) is 10. The summed E-state index contributed by atoms with van der Waals surface area (Å²) in [4.78, 5) is 22.8. The summed E-state index contributed by atoms with van der Waals surface area (Å²) in [6, 6.07) is 19.7. The number of aromatic nitrogens is 1. The fraction of sp³-hybridized carbons (Fsp3) is 0.375. The first kappa shape index (κ1) is 38.8. The third kappa shape index (κ3) is 9.90. The van der Waals surface area contributed by atoms with Gasteiger partial charge in [-0.25, -0.2) is 0 Å². The molecule has 52 heavy (non-hydrogen) atoms. The fourth-order valence-electron chi connectivity index (χ4n) is 6.67. The van der Waals surface area contributed by atoms with Gasteiger partial charge in [0.2, 0.25) is 0 Å². The number of pyridine rings is 1. The molecule has 3 atom stereocenters. The standard InChI is InChI=1S/C39H42Cl2N4O4.CO2/c1-25(22-46)44-20-29-15-34(40)38(16-37(29)48-24-28-14-27(17-42)18-43-19-28)49-35-12-11-31-30(7-3-8-32(31)35)33-9-4-10-36(39(33)41)47-23-26-6-5-13-45(2)21-26;2-1-3/h3-4,7-10,14-16,18-19,25-26,35,44,46H,5-6,11-13,20-24H2,1-2H3;/t25-,26-,35+;/m1./s1. The highest BCUT2D eigenvalue weighted by Gasteiger charge is 2.29. The van der Waals surface area contributed by atoms with Gasteiger partial charge >= 0.3 is 6.15 Å². The van der Waals surface area contributed by atoms with Crippen LogP contribution in [0.15, 0.2) is 67.0 Å². The monoisotopic (exact) mass is 744 g/mol. The molecule has 1 fully saturated rings. The number of benzene rings is 3. The minimum absolute atomic E-state index is 0.00161. The molecule has 0 unspecified atom stereocenters. The molecule has 4 aromatic rings. The zero-order chi connectivity index (χ0) is 37.0. The van der Waals surface area contributed by atoms with Crippen molar-refractivity contribution in [3.05, 3.63) is 105 Å². The maximum atomic E-state index is 9.54. The summed E-state index contributed by atoms with van der Waals surface area (Å²) >= 11 is 13.9. The van der Waals surface area contributed by atoms with Crippen LogP contribution in [0.1, 0.15) is 60.1 Å². The Morgan fingerprint density at radius 1 is 1.04 bits per heavy atom. The molecule has 0 amide bonds. The molecule has 0 bridgehead atoms. The molecule has 1 aliphatic heterocycles. The number of nitrogens with one attached hydrogen (secondary N) is 1. The lowest BCUT2D eigenvalue weighted by Crippen LogP contribution is -2.34. The van der Waals surface area contributed by atoms with E-state index < -0.39 is 0 Å². The van der Waals surface area contributed by atoms with E-state index in [2.05, 4.69) is 46.5 Å². The molecule has 2 aliphatic rings. The van der Waals surface area contributed by atoms with Crippen LogP contribution in [0.4, 0.5) is 0 Å². The second-order valence-electron chi connectivity index (χ2n) is 13.1. The maximum absolute atomic E-state index is 9.54. The van der Waals surface area contributed by atoms with Gasteiger partial charge in [0.1, 0.15) is 36.0 Å². The van der Waals surface area contributed by atoms with E-state index in [1.807, 2.05) is 37.3 Å². The fourth-order valence-corrected chi connectivity index (χ4v) is 7.18. The van der Waals surface area contributed by atoms with Gasteiger partial charge in [0.25, 0.3) is 0 Å². The summed E-state index contributed by atoms with van der Waals surface area (Å²) in [5.41, 5.74) is 6.40. The van der Waals surface area contributed by atoms with Crippen LogP contribution in [0, 0.1) is 17.2 Å². The minimum atomic E-state index is -0.211. The van der Waals surface area contributed by atoms with Crippen molar-refractivity contribution in [1.82, 2.24) is 15.2 Å². The Balaban J connectivity index is 0.00000168. The van der Waals surface area contributed by atoms with Gasteiger partial charge in [-0.05, 0) is 81.1 Å². The third-order valence-electron chi connectivity index (χ3n) is 9.28. The van der Waals surface area contributed by atoms with Crippen molar-refractivity contribution < 1.29 is 28.9 Å². The summed E-state index contributed by atoms with van der Waals surface area (Å²) in [5.74, 6) is 2.32. The molecule has 1 aromatic heterocycles. The van der Waals surface area contributed by atoms with Crippen LogP contribution in [-0.4, -0.2) is 60.5 Å². The van der Waals surface area contributed by atoms with E-state index >= 15 is 0 Å². The number of aliphatic hydroxyl groups excluding tert-OH is 1. The van der Waals surface area contributed by atoms with Crippen molar-refractivity contribution in [2.75, 3.05) is 33.4 Å². The zero-order valence-corrected chi connectivity index (χ0v) is 30.8. The van der Waals surface area contributed by atoms with Crippen molar-refractivity contribution in [3.63, 3.8) is 0 Å². The first-order valence-electron chi connectivity index (χ1n) is 17.3. The molecule has 6 rings (SSSR count). The Labute approximate surface area is 314 Å². The normalized spacial score (nSPS) is 17.2. The molecule has 1 aliphatic carbocycles. The quantitative estimate of drug-likeness (QED) is 0.145. The van der Waals surface area contributed by atoms with E-state index in [9.17, 15) is 10.4 Å². The number of hydrogen-bond donors (Lipinski definition) is 2. The predicted octanol–water partition coefficient (Wildman–Crippen LogP) is 7.18. The number of nitrogens with zero attached hydrogens (tertiary/aromatic N) is 3. The summed E-state index contributed by atoms with van der Waals surface area (Å²) in [7, 11) is 2.16. The summed E-state index contributed by atoms with van der Waals surface area (Å²) in [5, 5.41) is 23.2. The average Bonchev–Trinajstić information content (AvgIpc) is 3.57. The topological polar surface area (TPSA) is 134 Å². The van der Waals surface area contributed by atoms with Crippen LogP contribution in [-0.2, 0) is 29.2 Å². The first-order valence-corrected chi connectivity index (χ1v) is 18.0. The largest absolute Gasteiger partial charge is 0.492 e. The first-order chi connectivity index (χ1) is 25.2. The number of nitriles is 1. The number of rotatable bonds is 13. The molecule has 3 aromatic carbocycles. The Bertz CT molecular complexity index is 1910. The molecule has 2 heterocycles. The van der Waals surface area contributed by atoms with Gasteiger partial charge < -0.3 is 29.5 Å². The number of likely N-dealkylation sites (tertiary alicyclic amines) is 1. The molecule has 272 valence electrons. The number of piperidine rings is 1. The van der Waals surface area contributed by atoms with E-state index in [-0.39, 0.29) is 31.5 Å². The highest BCUT2D eigenvalue weighted by Crippen LogP contribution is 2.45. The van der Waals surface area contributed by atoms with Crippen LogP contribution in [0.25, 0.3) is 11.1 Å². The smallest absolute Gasteiger partial charge is 0.373 e. The van der Waals surface area contributed by atoms with Gasteiger partial charge in [-0.2, -0.15) is 14.9 Å². The molecular weight excluding hydrogens is 703 g/mol. The van der Waals surface area contributed by atoms with E-state index in [0.717, 1.165) is 53.7 Å².